The number of halogens is 1. The van der Waals surface area contributed by atoms with Gasteiger partial charge in [0.1, 0.15) is 11.5 Å². The Balaban J connectivity index is 1.66. The predicted octanol–water partition coefficient (Wildman–Crippen LogP) is 2.22. The van der Waals surface area contributed by atoms with Crippen LogP contribution in [0.2, 0.25) is 5.02 Å². The van der Waals surface area contributed by atoms with Crippen LogP contribution in [0, 0.1) is 0 Å². The molecule has 22 heavy (non-hydrogen) atoms. The molecule has 3 rings (SSSR count). The predicted molar refractivity (Wildman–Crippen MR) is 84.5 cm³/mol. The fourth-order valence-corrected chi connectivity index (χ4v) is 2.34. The average molecular weight is 319 g/mol. The molecule has 7 heteroatoms. The molecule has 0 aromatic carbocycles. The van der Waals surface area contributed by atoms with Crippen molar-refractivity contribution in [2.24, 2.45) is 0 Å². The molecule has 0 radical (unpaired) electrons. The van der Waals surface area contributed by atoms with E-state index in [9.17, 15) is 4.79 Å². The molecule has 0 unspecified atom stereocenters. The first-order valence-electron chi connectivity index (χ1n) is 6.94. The molecular formula is C15H15ClN4O2. The van der Waals surface area contributed by atoms with Crippen LogP contribution in [-0.4, -0.2) is 42.2 Å². The highest BCUT2D eigenvalue weighted by atomic mass is 35.5. The highest BCUT2D eigenvalue weighted by Gasteiger charge is 2.12. The van der Waals surface area contributed by atoms with E-state index >= 15 is 0 Å². The number of amides is 1. The second kappa shape index (κ2) is 6.72. The molecule has 2 aromatic rings. The van der Waals surface area contributed by atoms with Gasteiger partial charge in [0.15, 0.2) is 0 Å². The maximum atomic E-state index is 12.1. The Kier molecular flexibility index (Phi) is 4.50. The summed E-state index contributed by atoms with van der Waals surface area (Å²) >= 11 is 5.85. The van der Waals surface area contributed by atoms with E-state index < -0.39 is 0 Å². The lowest BCUT2D eigenvalue weighted by Gasteiger charge is -2.28. The quantitative estimate of drug-likeness (QED) is 0.940. The minimum Gasteiger partial charge on any atom is -0.378 e. The number of aromatic nitrogens is 2. The molecule has 1 fully saturated rings. The SMILES string of the molecule is O=C(Nc1ccc(N2CCOCC2)cn1)c1cc(Cl)ccn1. The van der Waals surface area contributed by atoms with Gasteiger partial charge in [0, 0.05) is 24.3 Å². The molecule has 0 bridgehead atoms. The smallest absolute Gasteiger partial charge is 0.275 e. The van der Waals surface area contributed by atoms with Gasteiger partial charge in [-0.25, -0.2) is 4.98 Å². The fourth-order valence-electron chi connectivity index (χ4n) is 2.18. The number of carbonyl (C=O) groups excluding carboxylic acids is 1. The molecule has 2 aromatic heterocycles. The molecule has 1 aliphatic rings. The Labute approximate surface area is 133 Å². The maximum absolute atomic E-state index is 12.1. The zero-order valence-corrected chi connectivity index (χ0v) is 12.6. The third-order valence-electron chi connectivity index (χ3n) is 3.32. The highest BCUT2D eigenvalue weighted by Crippen LogP contribution is 2.17. The summed E-state index contributed by atoms with van der Waals surface area (Å²) in [6, 6.07) is 6.83. The first-order chi connectivity index (χ1) is 10.7. The van der Waals surface area contributed by atoms with Gasteiger partial charge in [-0.05, 0) is 24.3 Å². The van der Waals surface area contributed by atoms with E-state index in [4.69, 9.17) is 16.3 Å². The van der Waals surface area contributed by atoms with Gasteiger partial charge in [0.2, 0.25) is 0 Å². The molecule has 1 amide bonds. The van der Waals surface area contributed by atoms with Gasteiger partial charge in [0.05, 0.1) is 25.1 Å². The van der Waals surface area contributed by atoms with Crippen LogP contribution in [0.3, 0.4) is 0 Å². The third-order valence-corrected chi connectivity index (χ3v) is 3.56. The van der Waals surface area contributed by atoms with Crippen LogP contribution in [0.4, 0.5) is 11.5 Å². The van der Waals surface area contributed by atoms with Crippen molar-refractivity contribution in [1.82, 2.24) is 9.97 Å². The van der Waals surface area contributed by atoms with Gasteiger partial charge in [-0.1, -0.05) is 11.6 Å². The molecule has 6 nitrogen and oxygen atoms in total. The number of pyridine rings is 2. The Morgan fingerprint density at radius 3 is 2.73 bits per heavy atom. The molecular weight excluding hydrogens is 304 g/mol. The highest BCUT2D eigenvalue weighted by molar-refractivity contribution is 6.30. The summed E-state index contributed by atoms with van der Waals surface area (Å²) in [5.41, 5.74) is 1.27. The summed E-state index contributed by atoms with van der Waals surface area (Å²) in [7, 11) is 0. The Morgan fingerprint density at radius 1 is 1.23 bits per heavy atom. The van der Waals surface area contributed by atoms with Crippen LogP contribution in [0.1, 0.15) is 10.5 Å². The number of nitrogens with zero attached hydrogens (tertiary/aromatic N) is 3. The van der Waals surface area contributed by atoms with Crippen molar-refractivity contribution in [3.05, 3.63) is 47.4 Å². The first kappa shape index (κ1) is 14.7. The Hall–Kier alpha value is -2.18. The van der Waals surface area contributed by atoms with E-state index in [-0.39, 0.29) is 11.6 Å². The molecule has 114 valence electrons. The topological polar surface area (TPSA) is 67.4 Å². The van der Waals surface area contributed by atoms with Crippen LogP contribution >= 0.6 is 11.6 Å². The van der Waals surface area contributed by atoms with Crippen molar-refractivity contribution in [3.63, 3.8) is 0 Å². The monoisotopic (exact) mass is 318 g/mol. The van der Waals surface area contributed by atoms with Crippen molar-refractivity contribution in [1.29, 1.82) is 0 Å². The van der Waals surface area contributed by atoms with E-state index in [0.29, 0.717) is 10.8 Å². The van der Waals surface area contributed by atoms with Gasteiger partial charge < -0.3 is 15.0 Å². The molecule has 1 N–H and O–H groups in total. The van der Waals surface area contributed by atoms with E-state index in [1.165, 1.54) is 12.3 Å². The average Bonchev–Trinajstić information content (AvgIpc) is 2.56. The van der Waals surface area contributed by atoms with E-state index in [1.54, 1.807) is 18.3 Å². The van der Waals surface area contributed by atoms with Crippen LogP contribution in [-0.2, 0) is 4.74 Å². The second-order valence-electron chi connectivity index (χ2n) is 4.81. The number of rotatable bonds is 3. The van der Waals surface area contributed by atoms with Crippen molar-refractivity contribution in [2.45, 2.75) is 0 Å². The molecule has 0 aliphatic carbocycles. The molecule has 3 heterocycles. The van der Waals surface area contributed by atoms with Crippen molar-refractivity contribution in [3.8, 4) is 0 Å². The lowest BCUT2D eigenvalue weighted by molar-refractivity contribution is 0.102. The zero-order chi connectivity index (χ0) is 15.4. The number of nitrogens with one attached hydrogen (secondary N) is 1. The summed E-state index contributed by atoms with van der Waals surface area (Å²) in [4.78, 5) is 22.5. The largest absolute Gasteiger partial charge is 0.378 e. The Morgan fingerprint density at radius 2 is 2.05 bits per heavy atom. The number of carbonyl (C=O) groups is 1. The molecule has 0 atom stereocenters. The number of hydrogen-bond acceptors (Lipinski definition) is 5. The van der Waals surface area contributed by atoms with Crippen LogP contribution < -0.4 is 10.2 Å². The standard InChI is InChI=1S/C15H15ClN4O2/c16-11-3-4-17-13(9-11)15(21)19-14-2-1-12(10-18-14)20-5-7-22-8-6-20/h1-4,9-10H,5-8H2,(H,18,19,21). The Bertz CT molecular complexity index is 657. The van der Waals surface area contributed by atoms with Gasteiger partial charge in [-0.15, -0.1) is 0 Å². The van der Waals surface area contributed by atoms with Crippen molar-refractivity contribution >= 4 is 29.0 Å². The summed E-state index contributed by atoms with van der Waals surface area (Å²) in [5, 5.41) is 3.17. The number of ether oxygens (including phenoxy) is 1. The normalized spacial score (nSPS) is 14.7. The van der Waals surface area contributed by atoms with Gasteiger partial charge in [0.25, 0.3) is 5.91 Å². The maximum Gasteiger partial charge on any atom is 0.275 e. The molecule has 0 saturated carbocycles. The number of anilines is 2. The third kappa shape index (κ3) is 3.52. The minimum absolute atomic E-state index is 0.256. The molecule has 1 aliphatic heterocycles. The zero-order valence-electron chi connectivity index (χ0n) is 11.8. The lowest BCUT2D eigenvalue weighted by Crippen LogP contribution is -2.36. The summed E-state index contributed by atoms with van der Waals surface area (Å²) in [5.74, 6) is 0.137. The fraction of sp³-hybridized carbons (Fsp3) is 0.267. The molecule has 1 saturated heterocycles. The number of hydrogen-bond donors (Lipinski definition) is 1. The van der Waals surface area contributed by atoms with Gasteiger partial charge >= 0.3 is 0 Å². The van der Waals surface area contributed by atoms with Gasteiger partial charge in [-0.3, -0.25) is 9.78 Å². The van der Waals surface area contributed by atoms with E-state index in [2.05, 4.69) is 20.2 Å². The van der Waals surface area contributed by atoms with E-state index in [0.717, 1.165) is 32.0 Å². The van der Waals surface area contributed by atoms with Crippen molar-refractivity contribution < 1.29 is 9.53 Å². The minimum atomic E-state index is -0.339. The van der Waals surface area contributed by atoms with E-state index in [1.807, 2.05) is 6.07 Å². The molecule has 0 spiro atoms. The lowest BCUT2D eigenvalue weighted by atomic mass is 10.3. The first-order valence-corrected chi connectivity index (χ1v) is 7.32. The van der Waals surface area contributed by atoms with Gasteiger partial charge in [-0.2, -0.15) is 0 Å². The number of morpholine rings is 1. The second-order valence-corrected chi connectivity index (χ2v) is 5.25. The van der Waals surface area contributed by atoms with Crippen LogP contribution in [0.15, 0.2) is 36.7 Å². The summed E-state index contributed by atoms with van der Waals surface area (Å²) in [6.45, 7) is 3.14. The summed E-state index contributed by atoms with van der Waals surface area (Å²) < 4.78 is 5.32. The summed E-state index contributed by atoms with van der Waals surface area (Å²) in [6.07, 6.45) is 3.23. The van der Waals surface area contributed by atoms with Crippen LogP contribution in [0.25, 0.3) is 0 Å². The van der Waals surface area contributed by atoms with Crippen molar-refractivity contribution in [2.75, 3.05) is 36.5 Å². The van der Waals surface area contributed by atoms with Crippen LogP contribution in [0.5, 0.6) is 0 Å².